The van der Waals surface area contributed by atoms with E-state index < -0.39 is 0 Å². The van der Waals surface area contributed by atoms with Crippen molar-refractivity contribution in [3.05, 3.63) is 42.5 Å². The van der Waals surface area contributed by atoms with E-state index in [9.17, 15) is 0 Å². The zero-order valence-electron chi connectivity index (χ0n) is 11.9. The average molecular weight is 300 g/mol. The normalized spacial score (nSPS) is 10.6. The van der Waals surface area contributed by atoms with Crippen LogP contribution in [-0.4, -0.2) is 18.7 Å². The summed E-state index contributed by atoms with van der Waals surface area (Å²) in [6, 6.07) is 13.7. The molecule has 0 unspecified atom stereocenters. The van der Waals surface area contributed by atoms with Crippen molar-refractivity contribution >= 4 is 32.4 Å². The van der Waals surface area contributed by atoms with Gasteiger partial charge in [-0.1, -0.05) is 11.3 Å². The standard InChI is InChI=1S/C16H16N2O2S/c1-3-20-13-8-9-14-15(10-13)21-16(18-14)17-11-4-6-12(19-2)7-5-11/h4-10H,3H2,1-2H3,(H,17,18). The topological polar surface area (TPSA) is 43.4 Å². The van der Waals surface area contributed by atoms with Gasteiger partial charge in [0.2, 0.25) is 0 Å². The number of hydrogen-bond acceptors (Lipinski definition) is 5. The number of anilines is 2. The fourth-order valence-corrected chi connectivity index (χ4v) is 2.93. The quantitative estimate of drug-likeness (QED) is 0.756. The molecule has 4 nitrogen and oxygen atoms in total. The van der Waals surface area contributed by atoms with Gasteiger partial charge in [-0.05, 0) is 49.4 Å². The van der Waals surface area contributed by atoms with E-state index in [0.717, 1.165) is 32.5 Å². The Morgan fingerprint density at radius 1 is 1.10 bits per heavy atom. The molecule has 1 aromatic heterocycles. The second-order valence-corrected chi connectivity index (χ2v) is 5.47. The number of methoxy groups -OCH3 is 1. The van der Waals surface area contributed by atoms with Crippen LogP contribution in [0.2, 0.25) is 0 Å². The van der Waals surface area contributed by atoms with Crippen molar-refractivity contribution in [2.45, 2.75) is 6.92 Å². The second-order valence-electron chi connectivity index (χ2n) is 4.44. The Morgan fingerprint density at radius 2 is 1.86 bits per heavy atom. The van der Waals surface area contributed by atoms with Crippen LogP contribution in [0.25, 0.3) is 10.2 Å². The zero-order chi connectivity index (χ0) is 14.7. The fourth-order valence-electron chi connectivity index (χ4n) is 2.01. The van der Waals surface area contributed by atoms with Gasteiger partial charge in [0.05, 0.1) is 23.9 Å². The van der Waals surface area contributed by atoms with Crippen molar-refractivity contribution in [1.82, 2.24) is 4.98 Å². The van der Waals surface area contributed by atoms with E-state index in [2.05, 4.69) is 10.3 Å². The Labute approximate surface area is 127 Å². The van der Waals surface area contributed by atoms with Crippen LogP contribution in [0.5, 0.6) is 11.5 Å². The van der Waals surface area contributed by atoms with E-state index in [0.29, 0.717) is 6.61 Å². The molecule has 0 radical (unpaired) electrons. The number of nitrogens with one attached hydrogen (secondary N) is 1. The first-order valence-electron chi connectivity index (χ1n) is 6.73. The number of fused-ring (bicyclic) bond motifs is 1. The Balaban J connectivity index is 1.83. The van der Waals surface area contributed by atoms with Crippen LogP contribution < -0.4 is 14.8 Å². The van der Waals surface area contributed by atoms with Gasteiger partial charge < -0.3 is 14.8 Å². The van der Waals surface area contributed by atoms with Gasteiger partial charge in [-0.25, -0.2) is 4.98 Å². The van der Waals surface area contributed by atoms with Crippen molar-refractivity contribution in [2.24, 2.45) is 0 Å². The van der Waals surface area contributed by atoms with Crippen LogP contribution in [0.3, 0.4) is 0 Å². The Bertz CT molecular complexity index is 738. The molecule has 1 N–H and O–H groups in total. The highest BCUT2D eigenvalue weighted by Gasteiger charge is 2.05. The van der Waals surface area contributed by atoms with Crippen LogP contribution >= 0.6 is 11.3 Å². The lowest BCUT2D eigenvalue weighted by atomic mass is 10.3. The first kappa shape index (κ1) is 13.7. The summed E-state index contributed by atoms with van der Waals surface area (Å²) < 4.78 is 11.8. The lowest BCUT2D eigenvalue weighted by Crippen LogP contribution is -1.90. The third kappa shape index (κ3) is 3.08. The summed E-state index contributed by atoms with van der Waals surface area (Å²) in [7, 11) is 1.66. The van der Waals surface area contributed by atoms with Gasteiger partial charge in [-0.3, -0.25) is 0 Å². The second kappa shape index (κ2) is 6.01. The molecule has 0 saturated heterocycles. The Kier molecular flexibility index (Phi) is 3.92. The lowest BCUT2D eigenvalue weighted by molar-refractivity contribution is 0.341. The fraction of sp³-hybridized carbons (Fsp3) is 0.188. The molecule has 3 rings (SSSR count). The molecule has 0 bridgehead atoms. The predicted molar refractivity (Wildman–Crippen MR) is 87.1 cm³/mol. The number of benzene rings is 2. The van der Waals surface area contributed by atoms with Crippen molar-refractivity contribution in [1.29, 1.82) is 0 Å². The van der Waals surface area contributed by atoms with E-state index in [4.69, 9.17) is 9.47 Å². The highest BCUT2D eigenvalue weighted by molar-refractivity contribution is 7.22. The minimum atomic E-state index is 0.668. The SMILES string of the molecule is CCOc1ccc2nc(Nc3ccc(OC)cc3)sc2c1. The summed E-state index contributed by atoms with van der Waals surface area (Å²) in [6.45, 7) is 2.65. The minimum Gasteiger partial charge on any atom is -0.497 e. The molecular formula is C16H16N2O2S. The van der Waals surface area contributed by atoms with Gasteiger partial charge in [-0.15, -0.1) is 0 Å². The molecule has 3 aromatic rings. The third-order valence-corrected chi connectivity index (χ3v) is 3.95. The van der Waals surface area contributed by atoms with Crippen molar-refractivity contribution in [3.63, 3.8) is 0 Å². The molecule has 108 valence electrons. The number of hydrogen-bond donors (Lipinski definition) is 1. The molecule has 0 aliphatic carbocycles. The zero-order valence-corrected chi connectivity index (χ0v) is 12.7. The van der Waals surface area contributed by atoms with Crippen LogP contribution in [0.15, 0.2) is 42.5 Å². The number of nitrogens with zero attached hydrogens (tertiary/aromatic N) is 1. The molecular weight excluding hydrogens is 284 g/mol. The molecule has 21 heavy (non-hydrogen) atoms. The van der Waals surface area contributed by atoms with Gasteiger partial charge in [0, 0.05) is 5.69 Å². The summed E-state index contributed by atoms with van der Waals surface area (Å²) in [5.41, 5.74) is 1.96. The molecule has 0 saturated carbocycles. The van der Waals surface area contributed by atoms with E-state index in [1.165, 1.54) is 0 Å². The van der Waals surface area contributed by atoms with Crippen LogP contribution in [0, 0.1) is 0 Å². The monoisotopic (exact) mass is 300 g/mol. The van der Waals surface area contributed by atoms with E-state index in [1.54, 1.807) is 18.4 Å². The number of aromatic nitrogens is 1. The van der Waals surface area contributed by atoms with Crippen LogP contribution in [0.4, 0.5) is 10.8 Å². The van der Waals surface area contributed by atoms with E-state index in [1.807, 2.05) is 49.4 Å². The van der Waals surface area contributed by atoms with Gasteiger partial charge in [-0.2, -0.15) is 0 Å². The molecule has 0 atom stereocenters. The lowest BCUT2D eigenvalue weighted by Gasteiger charge is -2.03. The van der Waals surface area contributed by atoms with Crippen LogP contribution in [-0.2, 0) is 0 Å². The van der Waals surface area contributed by atoms with E-state index >= 15 is 0 Å². The largest absolute Gasteiger partial charge is 0.497 e. The summed E-state index contributed by atoms with van der Waals surface area (Å²) in [5.74, 6) is 1.72. The average Bonchev–Trinajstić information content (AvgIpc) is 2.90. The highest BCUT2D eigenvalue weighted by atomic mass is 32.1. The maximum absolute atomic E-state index is 5.51. The van der Waals surface area contributed by atoms with Gasteiger partial charge in [0.1, 0.15) is 11.5 Å². The van der Waals surface area contributed by atoms with E-state index in [-0.39, 0.29) is 0 Å². The smallest absolute Gasteiger partial charge is 0.188 e. The Morgan fingerprint density at radius 3 is 2.57 bits per heavy atom. The Hall–Kier alpha value is -2.27. The van der Waals surface area contributed by atoms with Crippen molar-refractivity contribution < 1.29 is 9.47 Å². The summed E-state index contributed by atoms with van der Waals surface area (Å²) in [5, 5.41) is 4.17. The first-order valence-corrected chi connectivity index (χ1v) is 7.54. The summed E-state index contributed by atoms with van der Waals surface area (Å²) >= 11 is 1.61. The van der Waals surface area contributed by atoms with Crippen molar-refractivity contribution in [2.75, 3.05) is 19.0 Å². The minimum absolute atomic E-state index is 0.668. The third-order valence-electron chi connectivity index (χ3n) is 3.01. The molecule has 0 amide bonds. The molecule has 0 aliphatic heterocycles. The summed E-state index contributed by atoms with van der Waals surface area (Å²) in [4.78, 5) is 4.57. The summed E-state index contributed by atoms with van der Waals surface area (Å²) in [6.07, 6.45) is 0. The maximum atomic E-state index is 5.51. The number of thiazole rings is 1. The highest BCUT2D eigenvalue weighted by Crippen LogP contribution is 2.31. The molecule has 2 aromatic carbocycles. The van der Waals surface area contributed by atoms with Gasteiger partial charge >= 0.3 is 0 Å². The van der Waals surface area contributed by atoms with Crippen molar-refractivity contribution in [3.8, 4) is 11.5 Å². The number of rotatable bonds is 5. The predicted octanol–water partition coefficient (Wildman–Crippen LogP) is 4.45. The maximum Gasteiger partial charge on any atom is 0.188 e. The molecule has 0 spiro atoms. The molecule has 0 aliphatic rings. The van der Waals surface area contributed by atoms with Gasteiger partial charge in [0.25, 0.3) is 0 Å². The molecule has 5 heteroatoms. The molecule has 1 heterocycles. The van der Waals surface area contributed by atoms with Crippen LogP contribution in [0.1, 0.15) is 6.92 Å². The van der Waals surface area contributed by atoms with Gasteiger partial charge in [0.15, 0.2) is 5.13 Å². The first-order chi connectivity index (χ1) is 10.3. The molecule has 0 fully saturated rings. The number of ether oxygens (including phenoxy) is 2.